The minimum atomic E-state index is -0.953. The van der Waals surface area contributed by atoms with Crippen LogP contribution in [-0.4, -0.2) is 22.1 Å². The van der Waals surface area contributed by atoms with Crippen molar-refractivity contribution in [1.82, 2.24) is 10.3 Å². The second-order valence-electron chi connectivity index (χ2n) is 7.47. The number of carbonyl (C=O) groups is 1. The summed E-state index contributed by atoms with van der Waals surface area (Å²) in [5.41, 5.74) is 3.01. The molecular weight excluding hydrogens is 431 g/mol. The Hall–Kier alpha value is -3.35. The average Bonchev–Trinajstić information content (AvgIpc) is 3.19. The van der Waals surface area contributed by atoms with Crippen molar-refractivity contribution in [2.75, 3.05) is 0 Å². The van der Waals surface area contributed by atoms with Gasteiger partial charge in [-0.05, 0) is 35.9 Å². The number of H-pyrrole nitrogens is 1. The fraction of sp³-hybridized carbons (Fsp3) is 0.160. The summed E-state index contributed by atoms with van der Waals surface area (Å²) in [4.78, 5) is 15.1. The number of aliphatic carboxylic acids is 1. The molecule has 1 atom stereocenters. The molecule has 3 N–H and O–H groups in total. The Morgan fingerprint density at radius 2 is 1.84 bits per heavy atom. The van der Waals surface area contributed by atoms with Crippen LogP contribution >= 0.6 is 11.6 Å². The van der Waals surface area contributed by atoms with Crippen LogP contribution in [0.3, 0.4) is 0 Å². The fourth-order valence-corrected chi connectivity index (χ4v) is 3.79. The first kappa shape index (κ1) is 21.9. The number of aromatic nitrogens is 1. The number of benzene rings is 3. The molecule has 1 aromatic heterocycles. The Morgan fingerprint density at radius 3 is 2.66 bits per heavy atom. The van der Waals surface area contributed by atoms with Gasteiger partial charge in [0.2, 0.25) is 0 Å². The molecule has 4 rings (SSSR count). The van der Waals surface area contributed by atoms with Crippen molar-refractivity contribution in [3.05, 3.63) is 100 Å². The lowest BCUT2D eigenvalue weighted by molar-refractivity contribution is -0.139. The Labute approximate surface area is 189 Å². The van der Waals surface area contributed by atoms with E-state index in [-0.39, 0.29) is 19.0 Å². The van der Waals surface area contributed by atoms with E-state index in [0.29, 0.717) is 28.3 Å². The molecule has 0 radical (unpaired) electrons. The van der Waals surface area contributed by atoms with E-state index in [2.05, 4.69) is 10.3 Å². The van der Waals surface area contributed by atoms with Crippen LogP contribution < -0.4 is 10.1 Å². The van der Waals surface area contributed by atoms with Crippen LogP contribution in [0.1, 0.15) is 16.7 Å². The predicted molar refractivity (Wildman–Crippen MR) is 122 cm³/mol. The summed E-state index contributed by atoms with van der Waals surface area (Å²) in [7, 11) is 0. The molecule has 1 heterocycles. The van der Waals surface area contributed by atoms with Gasteiger partial charge >= 0.3 is 5.97 Å². The number of nitrogens with one attached hydrogen (secondary N) is 2. The van der Waals surface area contributed by atoms with Crippen molar-refractivity contribution in [1.29, 1.82) is 0 Å². The minimum absolute atomic E-state index is 0.0546. The molecule has 0 saturated carbocycles. The van der Waals surface area contributed by atoms with Gasteiger partial charge in [-0.2, -0.15) is 0 Å². The van der Waals surface area contributed by atoms with Gasteiger partial charge in [0, 0.05) is 46.2 Å². The highest BCUT2D eigenvalue weighted by Crippen LogP contribution is 2.25. The zero-order chi connectivity index (χ0) is 22.5. The number of carboxylic acids is 1. The van der Waals surface area contributed by atoms with E-state index >= 15 is 0 Å². The van der Waals surface area contributed by atoms with E-state index < -0.39 is 12.0 Å². The van der Waals surface area contributed by atoms with Crippen molar-refractivity contribution < 1.29 is 19.0 Å². The highest BCUT2D eigenvalue weighted by Gasteiger charge is 2.20. The molecule has 0 aliphatic heterocycles. The summed E-state index contributed by atoms with van der Waals surface area (Å²) in [5.74, 6) is -0.779. The number of ether oxygens (including phenoxy) is 1. The van der Waals surface area contributed by atoms with Crippen LogP contribution in [0, 0.1) is 5.82 Å². The second kappa shape index (κ2) is 9.85. The molecule has 0 fully saturated rings. The third kappa shape index (κ3) is 5.10. The predicted octanol–water partition coefficient (Wildman–Crippen LogP) is 5.32. The molecule has 32 heavy (non-hydrogen) atoms. The van der Waals surface area contributed by atoms with Crippen molar-refractivity contribution in [2.24, 2.45) is 0 Å². The molecule has 5 nitrogen and oxygen atoms in total. The van der Waals surface area contributed by atoms with Crippen molar-refractivity contribution >= 4 is 28.5 Å². The van der Waals surface area contributed by atoms with Crippen molar-refractivity contribution in [3.8, 4) is 5.75 Å². The normalized spacial score (nSPS) is 12.1. The Bertz CT molecular complexity index is 1240. The Balaban J connectivity index is 1.48. The van der Waals surface area contributed by atoms with Gasteiger partial charge in [0.15, 0.2) is 0 Å². The standard InChI is InChI=1S/C25H22ClFN2O3/c26-19-9-10-24(32-15-16-5-1-3-7-21(16)27)18(11-19)14-29-23(25(30)31)12-17-13-28-22-8-4-2-6-20(17)22/h1-11,13,23,28-29H,12,14-15H2,(H,30,31). The van der Waals surface area contributed by atoms with Crippen LogP contribution in [0.5, 0.6) is 5.75 Å². The molecule has 4 aromatic rings. The maximum atomic E-state index is 13.9. The summed E-state index contributed by atoms with van der Waals surface area (Å²) in [6.07, 6.45) is 2.15. The van der Waals surface area contributed by atoms with Gasteiger partial charge < -0.3 is 14.8 Å². The largest absolute Gasteiger partial charge is 0.488 e. The van der Waals surface area contributed by atoms with Crippen molar-refractivity contribution in [3.63, 3.8) is 0 Å². The number of carboxylic acid groups (broad SMARTS) is 1. The van der Waals surface area contributed by atoms with Gasteiger partial charge in [0.1, 0.15) is 24.2 Å². The molecule has 0 aliphatic rings. The number of hydrogen-bond donors (Lipinski definition) is 3. The van der Waals surface area contributed by atoms with E-state index in [1.807, 2.05) is 30.5 Å². The number of halogens is 2. The molecule has 164 valence electrons. The highest BCUT2D eigenvalue weighted by atomic mass is 35.5. The first-order valence-electron chi connectivity index (χ1n) is 10.2. The number of para-hydroxylation sites is 1. The number of rotatable bonds is 9. The molecule has 3 aromatic carbocycles. The Morgan fingerprint density at radius 1 is 1.06 bits per heavy atom. The molecular formula is C25H22ClFN2O3. The van der Waals surface area contributed by atoms with E-state index in [0.717, 1.165) is 16.5 Å². The summed E-state index contributed by atoms with van der Waals surface area (Å²) in [6.45, 7) is 0.283. The number of fused-ring (bicyclic) bond motifs is 1. The Kier molecular flexibility index (Phi) is 6.73. The first-order valence-corrected chi connectivity index (χ1v) is 10.5. The lowest BCUT2D eigenvalue weighted by Gasteiger charge is -2.17. The quantitative estimate of drug-likeness (QED) is 0.321. The molecule has 0 aliphatic carbocycles. The van der Waals surface area contributed by atoms with Gasteiger partial charge in [-0.3, -0.25) is 10.1 Å². The number of aromatic amines is 1. The average molecular weight is 453 g/mol. The second-order valence-corrected chi connectivity index (χ2v) is 7.90. The lowest BCUT2D eigenvalue weighted by Crippen LogP contribution is -2.38. The molecule has 1 unspecified atom stereocenters. The smallest absolute Gasteiger partial charge is 0.321 e. The maximum absolute atomic E-state index is 13.9. The van der Waals surface area contributed by atoms with Crippen LogP contribution in [-0.2, 0) is 24.4 Å². The fourth-order valence-electron chi connectivity index (χ4n) is 3.60. The van der Waals surface area contributed by atoms with Gasteiger partial charge in [0.05, 0.1) is 0 Å². The molecule has 0 saturated heterocycles. The van der Waals surface area contributed by atoms with Gasteiger partial charge in [-0.25, -0.2) is 4.39 Å². The third-order valence-corrected chi connectivity index (χ3v) is 5.53. The van der Waals surface area contributed by atoms with E-state index in [9.17, 15) is 14.3 Å². The molecule has 0 bridgehead atoms. The van der Waals surface area contributed by atoms with Crippen LogP contribution in [0.15, 0.2) is 72.9 Å². The van der Waals surface area contributed by atoms with E-state index in [1.165, 1.54) is 6.07 Å². The van der Waals surface area contributed by atoms with Crippen LogP contribution in [0.25, 0.3) is 10.9 Å². The van der Waals surface area contributed by atoms with Gasteiger partial charge in [-0.1, -0.05) is 48.0 Å². The monoisotopic (exact) mass is 452 g/mol. The van der Waals surface area contributed by atoms with Crippen molar-refractivity contribution in [2.45, 2.75) is 25.6 Å². The molecule has 7 heteroatoms. The first-order chi connectivity index (χ1) is 15.5. The van der Waals surface area contributed by atoms with Crippen LogP contribution in [0.4, 0.5) is 4.39 Å². The summed E-state index contributed by atoms with van der Waals surface area (Å²) < 4.78 is 19.7. The highest BCUT2D eigenvalue weighted by molar-refractivity contribution is 6.30. The molecule has 0 amide bonds. The van der Waals surface area contributed by atoms with E-state index in [4.69, 9.17) is 16.3 Å². The maximum Gasteiger partial charge on any atom is 0.321 e. The van der Waals surface area contributed by atoms with Gasteiger partial charge in [0.25, 0.3) is 0 Å². The van der Waals surface area contributed by atoms with E-state index in [1.54, 1.807) is 36.4 Å². The summed E-state index contributed by atoms with van der Waals surface area (Å²) >= 11 is 6.15. The lowest BCUT2D eigenvalue weighted by atomic mass is 10.0. The zero-order valence-corrected chi connectivity index (χ0v) is 17.9. The molecule has 0 spiro atoms. The topological polar surface area (TPSA) is 74.3 Å². The summed E-state index contributed by atoms with van der Waals surface area (Å²) in [6, 6.07) is 18.5. The number of hydrogen-bond acceptors (Lipinski definition) is 3. The minimum Gasteiger partial charge on any atom is -0.488 e. The SMILES string of the molecule is O=C(O)C(Cc1c[nH]c2ccccc12)NCc1cc(Cl)ccc1OCc1ccccc1F. The third-order valence-electron chi connectivity index (χ3n) is 5.30. The zero-order valence-electron chi connectivity index (χ0n) is 17.1. The summed E-state index contributed by atoms with van der Waals surface area (Å²) in [5, 5.41) is 14.3. The van der Waals surface area contributed by atoms with Crippen LogP contribution in [0.2, 0.25) is 5.02 Å². The van der Waals surface area contributed by atoms with Gasteiger partial charge in [-0.15, -0.1) is 0 Å².